The third-order valence-corrected chi connectivity index (χ3v) is 4.86. The molecule has 31 heavy (non-hydrogen) atoms. The van der Waals surface area contributed by atoms with E-state index in [4.69, 9.17) is 25.6 Å². The Morgan fingerprint density at radius 1 is 1.03 bits per heavy atom. The van der Waals surface area contributed by atoms with Crippen LogP contribution in [0.1, 0.15) is 56.0 Å². The molecule has 168 valence electrons. The zero-order chi connectivity index (χ0) is 23.6. The third-order valence-electron chi connectivity index (χ3n) is 4.54. The molecule has 5 nitrogen and oxygen atoms in total. The molecule has 0 aliphatic rings. The maximum Gasteiger partial charge on any atom is 0.321 e. The Bertz CT molecular complexity index is 864. The lowest BCUT2D eigenvalue weighted by molar-refractivity contribution is -0.145. The smallest absolute Gasteiger partial charge is 0.321 e. The van der Waals surface area contributed by atoms with Crippen LogP contribution in [0.15, 0.2) is 48.5 Å². The summed E-state index contributed by atoms with van der Waals surface area (Å²) in [6, 6.07) is 13.8. The fourth-order valence-corrected chi connectivity index (χ4v) is 3.77. The van der Waals surface area contributed by atoms with E-state index in [2.05, 4.69) is 20.8 Å². The minimum Gasteiger partial charge on any atom is -0.496 e. The number of halogens is 1. The Kier molecular flexibility index (Phi) is 10.9. The summed E-state index contributed by atoms with van der Waals surface area (Å²) < 4.78 is 19.1. The van der Waals surface area contributed by atoms with Crippen LogP contribution in [0.4, 0.5) is 0 Å². The van der Waals surface area contributed by atoms with Crippen LogP contribution in [0, 0.1) is 11.3 Å². The van der Waals surface area contributed by atoms with Gasteiger partial charge in [0, 0.05) is 0 Å². The van der Waals surface area contributed by atoms with E-state index >= 15 is 0 Å². The molecule has 0 fully saturated rings. The third kappa shape index (κ3) is 8.08. The monoisotopic (exact) mass is 465 g/mol. The van der Waals surface area contributed by atoms with E-state index in [0.717, 1.165) is 6.42 Å². The van der Waals surface area contributed by atoms with E-state index in [0.29, 0.717) is 11.3 Å². The summed E-state index contributed by atoms with van der Waals surface area (Å²) in [4.78, 5) is 26.4. The van der Waals surface area contributed by atoms with Crippen LogP contribution in [0.3, 0.4) is 0 Å². The Labute approximate surface area is 191 Å². The van der Waals surface area contributed by atoms with Crippen LogP contribution in [-0.2, 0) is 14.1 Å². The summed E-state index contributed by atoms with van der Waals surface area (Å²) in [6.07, 6.45) is 0.905. The second kappa shape index (κ2) is 12.6. The van der Waals surface area contributed by atoms with E-state index in [-0.39, 0.29) is 28.5 Å². The van der Waals surface area contributed by atoms with Gasteiger partial charge in [0.15, 0.2) is 5.78 Å². The van der Waals surface area contributed by atoms with Crippen LogP contribution in [0.25, 0.3) is 0 Å². The summed E-state index contributed by atoms with van der Waals surface area (Å²) in [7, 11) is 2.63. The van der Waals surface area contributed by atoms with Crippen molar-refractivity contribution in [1.82, 2.24) is 0 Å². The van der Waals surface area contributed by atoms with Gasteiger partial charge in [-0.1, -0.05) is 80.3 Å². The highest BCUT2D eigenvalue weighted by atomic mass is 35.5. The van der Waals surface area contributed by atoms with Crippen LogP contribution in [0.2, 0.25) is 5.02 Å². The Morgan fingerprint density at radius 2 is 1.65 bits per heavy atom. The molecular formula is C24H31ClO5P+. The zero-order valence-corrected chi connectivity index (χ0v) is 20.6. The van der Waals surface area contributed by atoms with E-state index in [9.17, 15) is 9.59 Å². The number of ether oxygens (including phenoxy) is 2. The normalized spacial score (nSPS) is 12.7. The molecule has 0 radical (unpaired) electrons. The minimum atomic E-state index is -1.10. The van der Waals surface area contributed by atoms with Crippen LogP contribution >= 0.6 is 20.7 Å². The van der Waals surface area contributed by atoms with Gasteiger partial charge in [-0.2, -0.15) is 0 Å². The molecule has 3 atom stereocenters. The van der Waals surface area contributed by atoms with Crippen molar-refractivity contribution >= 4 is 32.5 Å². The molecule has 0 aromatic heterocycles. The lowest BCUT2D eigenvalue weighted by Crippen LogP contribution is -2.27. The fourth-order valence-electron chi connectivity index (χ4n) is 3.51. The first-order valence-electron chi connectivity index (χ1n) is 9.96. The topological polar surface area (TPSA) is 69.7 Å². The molecule has 0 N–H and O–H groups in total. The van der Waals surface area contributed by atoms with Gasteiger partial charge in [-0.3, -0.25) is 9.59 Å². The number of Topliss-reactive ketones (excluding diaryl/α,β-unsaturated/α-hetero) is 1. The van der Waals surface area contributed by atoms with Crippen molar-refractivity contribution in [2.45, 2.75) is 40.0 Å². The van der Waals surface area contributed by atoms with Gasteiger partial charge in [0.1, 0.15) is 11.7 Å². The van der Waals surface area contributed by atoms with Gasteiger partial charge >= 0.3 is 15.1 Å². The highest BCUT2D eigenvalue weighted by molar-refractivity contribution is 7.00. The number of hydrogen-bond donors (Lipinski definition) is 0. The van der Waals surface area contributed by atoms with Crippen molar-refractivity contribution in [1.29, 1.82) is 0 Å². The number of esters is 1. The average molecular weight is 466 g/mol. The van der Waals surface area contributed by atoms with Gasteiger partial charge in [0.2, 0.25) is 0 Å². The van der Waals surface area contributed by atoms with Crippen molar-refractivity contribution in [3.8, 4) is 5.75 Å². The molecule has 0 amide bonds. The van der Waals surface area contributed by atoms with Gasteiger partial charge in [0.05, 0.1) is 24.3 Å². The van der Waals surface area contributed by atoms with Gasteiger partial charge in [0.25, 0.3) is 0 Å². The number of benzene rings is 2. The van der Waals surface area contributed by atoms with Crippen molar-refractivity contribution in [3.63, 3.8) is 0 Å². The average Bonchev–Trinajstić information content (AvgIpc) is 2.73. The number of carbonyl (C=O) groups is 2. The number of hydrogen-bond acceptors (Lipinski definition) is 5. The van der Waals surface area contributed by atoms with Crippen LogP contribution in [-0.4, -0.2) is 25.5 Å². The maximum atomic E-state index is 13.4. The lowest BCUT2D eigenvalue weighted by Gasteiger charge is -2.24. The minimum absolute atomic E-state index is 0.130. The first-order chi connectivity index (χ1) is 14.6. The quantitative estimate of drug-likeness (QED) is 0.203. The Balaban J connectivity index is 0.00000233. The molecule has 0 aliphatic heterocycles. The molecule has 0 bridgehead atoms. The Hall–Kier alpha value is -2.23. The van der Waals surface area contributed by atoms with E-state index in [1.165, 1.54) is 16.2 Å². The summed E-state index contributed by atoms with van der Waals surface area (Å²) in [6.45, 7) is 8.73. The predicted octanol–water partition coefficient (Wildman–Crippen LogP) is 6.14. The summed E-state index contributed by atoms with van der Waals surface area (Å²) in [5.41, 5.74) is 0.879. The van der Waals surface area contributed by atoms with E-state index < -0.39 is 17.7 Å². The molecule has 0 spiro atoms. The Morgan fingerprint density at radius 3 is 2.19 bits per heavy atom. The standard InChI is InChI=1S/C24H29ClO4.H2OP/c1-16(14-24(2,3)4)15-29-23(27)20(17-10-7-6-8-11-17)22(26)21-18(25)12-9-13-19(21)28-5;1-2/h6-13,16,20H,14-15H2,1-5H3;2H2/q;+1. The lowest BCUT2D eigenvalue weighted by atomic mass is 9.86. The van der Waals surface area contributed by atoms with Crippen molar-refractivity contribution in [2.75, 3.05) is 13.7 Å². The summed E-state index contributed by atoms with van der Waals surface area (Å²) in [5.74, 6) is -1.61. The second-order valence-corrected chi connectivity index (χ2v) is 8.93. The highest BCUT2D eigenvalue weighted by Crippen LogP contribution is 2.33. The molecule has 2 rings (SSSR count). The molecule has 2 aromatic carbocycles. The largest absolute Gasteiger partial charge is 0.496 e. The fraction of sp³-hybridized carbons (Fsp3) is 0.417. The first-order valence-corrected chi connectivity index (χ1v) is 10.8. The second-order valence-electron chi connectivity index (χ2n) is 8.53. The van der Waals surface area contributed by atoms with Crippen molar-refractivity contribution < 1.29 is 23.6 Å². The highest BCUT2D eigenvalue weighted by Gasteiger charge is 2.34. The number of ketones is 1. The van der Waals surface area contributed by atoms with Gasteiger partial charge in [-0.05, 0) is 35.4 Å². The van der Waals surface area contributed by atoms with E-state index in [1.807, 2.05) is 13.0 Å². The van der Waals surface area contributed by atoms with Gasteiger partial charge in [-0.15, -0.1) is 0 Å². The van der Waals surface area contributed by atoms with Crippen LogP contribution < -0.4 is 4.74 Å². The number of carbonyl (C=O) groups excluding carboxylic acids is 2. The summed E-state index contributed by atoms with van der Waals surface area (Å²) >= 11 is 6.29. The SMILES string of the molecule is COc1cccc(Cl)c1C(=O)C(C(=O)OCC(C)CC(C)(C)C)c1ccccc1.O=[PH2+]. The summed E-state index contributed by atoms with van der Waals surface area (Å²) in [5, 5.41) is 0.240. The molecule has 3 unspecified atom stereocenters. The van der Waals surface area contributed by atoms with Crippen LogP contribution in [0.5, 0.6) is 5.75 Å². The molecule has 0 saturated carbocycles. The zero-order valence-electron chi connectivity index (χ0n) is 18.7. The molecule has 0 heterocycles. The molecule has 0 saturated heterocycles. The molecule has 0 aliphatic carbocycles. The molecule has 2 aromatic rings. The maximum absolute atomic E-state index is 13.4. The number of methoxy groups -OCH3 is 1. The van der Waals surface area contributed by atoms with Crippen molar-refractivity contribution in [3.05, 3.63) is 64.7 Å². The van der Waals surface area contributed by atoms with E-state index in [1.54, 1.807) is 42.5 Å². The molecular weight excluding hydrogens is 435 g/mol. The first kappa shape index (κ1) is 26.8. The van der Waals surface area contributed by atoms with Gasteiger partial charge in [-0.25, -0.2) is 0 Å². The van der Waals surface area contributed by atoms with Gasteiger partial charge < -0.3 is 9.47 Å². The van der Waals surface area contributed by atoms with Crippen molar-refractivity contribution in [2.24, 2.45) is 11.3 Å². The predicted molar refractivity (Wildman–Crippen MR) is 126 cm³/mol. The number of rotatable bonds is 8. The molecule has 7 heteroatoms.